The Morgan fingerprint density at radius 2 is 2.00 bits per heavy atom. The van der Waals surface area contributed by atoms with Crippen molar-refractivity contribution in [1.29, 1.82) is 0 Å². The number of carbonyl (C=O) groups excluding carboxylic acids is 1. The first-order valence-electron chi connectivity index (χ1n) is 5.73. The molecule has 0 N–H and O–H groups in total. The summed E-state index contributed by atoms with van der Waals surface area (Å²) in [6.07, 6.45) is 0. The van der Waals surface area contributed by atoms with Crippen molar-refractivity contribution in [1.82, 2.24) is 4.90 Å². The second-order valence-electron chi connectivity index (χ2n) is 3.96. The van der Waals surface area contributed by atoms with Gasteiger partial charge in [-0.1, -0.05) is 12.1 Å². The summed E-state index contributed by atoms with van der Waals surface area (Å²) in [4.78, 5) is 13.4. The minimum absolute atomic E-state index is 0.208. The molecule has 1 aromatic heterocycles. The van der Waals surface area contributed by atoms with Crippen molar-refractivity contribution in [2.45, 2.75) is 6.92 Å². The van der Waals surface area contributed by atoms with Gasteiger partial charge in [-0.2, -0.15) is 0 Å². The smallest absolute Gasteiger partial charge is 0.289 e. The number of benzene rings is 1. The average molecular weight is 247 g/mol. The quantitative estimate of drug-likeness (QED) is 0.834. The summed E-state index contributed by atoms with van der Waals surface area (Å²) in [7, 11) is 1.69. The van der Waals surface area contributed by atoms with Crippen LogP contribution in [0.4, 0.5) is 4.39 Å². The molecule has 1 amide bonds. The summed E-state index contributed by atoms with van der Waals surface area (Å²) in [5.41, 5.74) is 0.357. The number of halogens is 1. The van der Waals surface area contributed by atoms with Crippen LogP contribution in [0.15, 0.2) is 40.8 Å². The van der Waals surface area contributed by atoms with Gasteiger partial charge < -0.3 is 9.32 Å². The fourth-order valence-corrected chi connectivity index (χ4v) is 1.59. The normalized spacial score (nSPS) is 10.4. The van der Waals surface area contributed by atoms with Gasteiger partial charge in [-0.3, -0.25) is 4.79 Å². The number of furan rings is 1. The van der Waals surface area contributed by atoms with Crippen LogP contribution in [-0.2, 0) is 0 Å². The summed E-state index contributed by atoms with van der Waals surface area (Å²) in [5.74, 6) is 0.00772. The van der Waals surface area contributed by atoms with Crippen LogP contribution in [0.2, 0.25) is 0 Å². The van der Waals surface area contributed by atoms with Crippen LogP contribution < -0.4 is 0 Å². The van der Waals surface area contributed by atoms with Crippen LogP contribution in [0, 0.1) is 5.82 Å². The Balaban J connectivity index is 2.32. The topological polar surface area (TPSA) is 33.5 Å². The molecule has 0 saturated heterocycles. The summed E-state index contributed by atoms with van der Waals surface area (Å²) in [6.45, 7) is 2.47. The van der Waals surface area contributed by atoms with Gasteiger partial charge in [-0.05, 0) is 31.2 Å². The molecule has 4 heteroatoms. The molecule has 18 heavy (non-hydrogen) atoms. The maximum Gasteiger partial charge on any atom is 0.289 e. The number of hydrogen-bond donors (Lipinski definition) is 0. The van der Waals surface area contributed by atoms with Gasteiger partial charge in [0, 0.05) is 13.6 Å². The van der Waals surface area contributed by atoms with Crippen LogP contribution in [0.5, 0.6) is 0 Å². The summed E-state index contributed by atoms with van der Waals surface area (Å²) < 4.78 is 19.0. The third-order valence-electron chi connectivity index (χ3n) is 2.78. The van der Waals surface area contributed by atoms with Crippen LogP contribution in [0.3, 0.4) is 0 Å². The largest absolute Gasteiger partial charge is 0.451 e. The second kappa shape index (κ2) is 5.04. The highest BCUT2D eigenvalue weighted by Gasteiger charge is 2.16. The molecule has 1 aromatic carbocycles. The number of amides is 1. The molecule has 0 aliphatic heterocycles. The molecule has 2 rings (SSSR count). The van der Waals surface area contributed by atoms with Gasteiger partial charge in [0.1, 0.15) is 11.6 Å². The third-order valence-corrected chi connectivity index (χ3v) is 2.78. The van der Waals surface area contributed by atoms with E-state index in [-0.39, 0.29) is 17.5 Å². The predicted molar refractivity (Wildman–Crippen MR) is 66.7 cm³/mol. The molecule has 0 radical (unpaired) electrons. The Morgan fingerprint density at radius 3 is 2.67 bits per heavy atom. The fourth-order valence-electron chi connectivity index (χ4n) is 1.59. The average Bonchev–Trinajstić information content (AvgIpc) is 2.87. The molecule has 94 valence electrons. The lowest BCUT2D eigenvalue weighted by Gasteiger charge is -2.11. The van der Waals surface area contributed by atoms with Crippen molar-refractivity contribution in [2.75, 3.05) is 13.6 Å². The number of carbonyl (C=O) groups is 1. The lowest BCUT2D eigenvalue weighted by molar-refractivity contribution is 0.0772. The van der Waals surface area contributed by atoms with E-state index in [9.17, 15) is 9.18 Å². The zero-order chi connectivity index (χ0) is 13.1. The zero-order valence-electron chi connectivity index (χ0n) is 10.3. The summed E-state index contributed by atoms with van der Waals surface area (Å²) >= 11 is 0. The predicted octanol–water partition coefficient (Wildman–Crippen LogP) is 3.18. The number of nitrogens with zero attached hydrogens (tertiary/aromatic N) is 1. The highest BCUT2D eigenvalue weighted by Crippen LogP contribution is 2.25. The van der Waals surface area contributed by atoms with E-state index in [0.29, 0.717) is 17.9 Å². The lowest BCUT2D eigenvalue weighted by atomic mass is 10.1. The summed E-state index contributed by atoms with van der Waals surface area (Å²) in [5, 5.41) is 0. The van der Waals surface area contributed by atoms with Crippen LogP contribution in [0.1, 0.15) is 17.5 Å². The van der Waals surface area contributed by atoms with Crippen molar-refractivity contribution in [3.63, 3.8) is 0 Å². The molecule has 0 fully saturated rings. The molecule has 0 spiro atoms. The molecular formula is C14H14FNO2. The van der Waals surface area contributed by atoms with E-state index in [0.717, 1.165) is 0 Å². The molecule has 2 aromatic rings. The van der Waals surface area contributed by atoms with Crippen molar-refractivity contribution in [2.24, 2.45) is 0 Å². The fraction of sp³-hybridized carbons (Fsp3) is 0.214. The first-order chi connectivity index (χ1) is 8.63. The van der Waals surface area contributed by atoms with Crippen LogP contribution in [0.25, 0.3) is 11.3 Å². The zero-order valence-corrected chi connectivity index (χ0v) is 10.3. The molecular weight excluding hydrogens is 233 g/mol. The van der Waals surface area contributed by atoms with Crippen molar-refractivity contribution >= 4 is 5.91 Å². The third kappa shape index (κ3) is 2.27. The minimum Gasteiger partial charge on any atom is -0.451 e. The van der Waals surface area contributed by atoms with E-state index in [2.05, 4.69) is 0 Å². The Labute approximate surface area is 105 Å². The SMILES string of the molecule is CCN(C)C(=O)c1ccc(-c2ccccc2F)o1. The highest BCUT2D eigenvalue weighted by atomic mass is 19.1. The van der Waals surface area contributed by atoms with Crippen LogP contribution in [-0.4, -0.2) is 24.4 Å². The summed E-state index contributed by atoms with van der Waals surface area (Å²) in [6, 6.07) is 9.48. The molecule has 1 heterocycles. The standard InChI is InChI=1S/C14H14FNO2/c1-3-16(2)14(17)13-9-8-12(18-13)10-6-4-5-7-11(10)15/h4-9H,3H2,1-2H3. The highest BCUT2D eigenvalue weighted by molar-refractivity contribution is 5.91. The Morgan fingerprint density at radius 1 is 1.28 bits per heavy atom. The van der Waals surface area contributed by atoms with Gasteiger partial charge in [0.2, 0.25) is 0 Å². The van der Waals surface area contributed by atoms with E-state index in [4.69, 9.17) is 4.42 Å². The van der Waals surface area contributed by atoms with Gasteiger partial charge in [-0.25, -0.2) is 4.39 Å². The van der Waals surface area contributed by atoms with E-state index < -0.39 is 0 Å². The maximum absolute atomic E-state index is 13.6. The monoisotopic (exact) mass is 247 g/mol. The molecule has 0 atom stereocenters. The van der Waals surface area contributed by atoms with E-state index in [1.165, 1.54) is 11.0 Å². The van der Waals surface area contributed by atoms with E-state index in [1.807, 2.05) is 6.92 Å². The van der Waals surface area contributed by atoms with Crippen molar-refractivity contribution in [3.8, 4) is 11.3 Å². The van der Waals surface area contributed by atoms with Crippen LogP contribution >= 0.6 is 0 Å². The van der Waals surface area contributed by atoms with Gasteiger partial charge in [-0.15, -0.1) is 0 Å². The Bertz CT molecular complexity index is 562. The Kier molecular flexibility index (Phi) is 3.46. The first kappa shape index (κ1) is 12.4. The van der Waals surface area contributed by atoms with Gasteiger partial charge in [0.05, 0.1) is 5.56 Å². The molecule has 3 nitrogen and oxygen atoms in total. The van der Waals surface area contributed by atoms with Crippen molar-refractivity contribution < 1.29 is 13.6 Å². The van der Waals surface area contributed by atoms with Gasteiger partial charge in [0.25, 0.3) is 5.91 Å². The molecule has 0 bridgehead atoms. The van der Waals surface area contributed by atoms with E-state index in [1.54, 1.807) is 37.4 Å². The number of rotatable bonds is 3. The second-order valence-corrected chi connectivity index (χ2v) is 3.96. The van der Waals surface area contributed by atoms with Gasteiger partial charge in [0.15, 0.2) is 5.76 Å². The minimum atomic E-state index is -0.366. The van der Waals surface area contributed by atoms with Crippen molar-refractivity contribution in [3.05, 3.63) is 48.0 Å². The lowest BCUT2D eigenvalue weighted by Crippen LogP contribution is -2.25. The molecule has 0 saturated carbocycles. The maximum atomic E-state index is 13.6. The molecule has 0 aliphatic rings. The Hall–Kier alpha value is -2.10. The molecule has 0 unspecified atom stereocenters. The molecule has 0 aliphatic carbocycles. The van der Waals surface area contributed by atoms with E-state index >= 15 is 0 Å². The van der Waals surface area contributed by atoms with Gasteiger partial charge >= 0.3 is 0 Å². The number of hydrogen-bond acceptors (Lipinski definition) is 2. The first-order valence-corrected chi connectivity index (χ1v) is 5.73.